The van der Waals surface area contributed by atoms with Crippen LogP contribution in [0.2, 0.25) is 0 Å². The highest BCUT2D eigenvalue weighted by Gasteiger charge is 2.35. The SMILES string of the molecule is C[C@@H]1[C@H](C(=O)O)CCCN1C(=O)Cc1noc2ccccc12. The summed E-state index contributed by atoms with van der Waals surface area (Å²) >= 11 is 0. The van der Waals surface area contributed by atoms with Gasteiger partial charge in [0.05, 0.1) is 12.3 Å². The van der Waals surface area contributed by atoms with Crippen molar-refractivity contribution in [2.75, 3.05) is 6.54 Å². The predicted molar refractivity (Wildman–Crippen MR) is 79.2 cm³/mol. The van der Waals surface area contributed by atoms with Crippen molar-refractivity contribution in [2.24, 2.45) is 5.92 Å². The molecule has 1 amide bonds. The zero-order valence-corrected chi connectivity index (χ0v) is 12.4. The van der Waals surface area contributed by atoms with Crippen molar-refractivity contribution in [1.82, 2.24) is 10.1 Å². The number of likely N-dealkylation sites (tertiary alicyclic amines) is 1. The Hall–Kier alpha value is -2.37. The Bertz CT molecular complexity index is 709. The highest BCUT2D eigenvalue weighted by Crippen LogP contribution is 2.25. The van der Waals surface area contributed by atoms with E-state index in [-0.39, 0.29) is 18.4 Å². The van der Waals surface area contributed by atoms with E-state index >= 15 is 0 Å². The summed E-state index contributed by atoms with van der Waals surface area (Å²) in [6, 6.07) is 7.10. The number of aromatic nitrogens is 1. The average molecular weight is 302 g/mol. The Labute approximate surface area is 127 Å². The number of amides is 1. The van der Waals surface area contributed by atoms with Crippen molar-refractivity contribution in [2.45, 2.75) is 32.2 Å². The quantitative estimate of drug-likeness (QED) is 0.938. The van der Waals surface area contributed by atoms with Gasteiger partial charge < -0.3 is 14.5 Å². The first kappa shape index (κ1) is 14.6. The van der Waals surface area contributed by atoms with Crippen LogP contribution in [0.4, 0.5) is 0 Å². The minimum absolute atomic E-state index is 0.0995. The van der Waals surface area contributed by atoms with Crippen molar-refractivity contribution < 1.29 is 19.2 Å². The summed E-state index contributed by atoms with van der Waals surface area (Å²) in [7, 11) is 0. The van der Waals surface area contributed by atoms with Crippen molar-refractivity contribution >= 4 is 22.8 Å². The molecule has 6 nitrogen and oxygen atoms in total. The van der Waals surface area contributed by atoms with Gasteiger partial charge in [-0.1, -0.05) is 17.3 Å². The Morgan fingerprint density at radius 3 is 2.95 bits per heavy atom. The molecule has 1 aliphatic rings. The molecule has 1 aromatic carbocycles. The Kier molecular flexibility index (Phi) is 3.83. The summed E-state index contributed by atoms with van der Waals surface area (Å²) in [5.74, 6) is -1.43. The maximum atomic E-state index is 12.5. The molecule has 1 aromatic heterocycles. The molecule has 0 saturated carbocycles. The zero-order valence-electron chi connectivity index (χ0n) is 12.4. The molecule has 0 aliphatic carbocycles. The standard InChI is InChI=1S/C16H18N2O4/c1-10-11(16(20)21)6-4-8-18(10)15(19)9-13-12-5-2-3-7-14(12)22-17-13/h2-3,5,7,10-11H,4,6,8-9H2,1H3,(H,20,21)/t10-,11-/m1/s1. The van der Waals surface area contributed by atoms with Crippen LogP contribution in [0.3, 0.4) is 0 Å². The van der Waals surface area contributed by atoms with Crippen molar-refractivity contribution in [3.05, 3.63) is 30.0 Å². The number of nitrogens with zero attached hydrogens (tertiary/aromatic N) is 2. The smallest absolute Gasteiger partial charge is 0.308 e. The van der Waals surface area contributed by atoms with Gasteiger partial charge in [-0.3, -0.25) is 9.59 Å². The van der Waals surface area contributed by atoms with Crippen LogP contribution in [0.15, 0.2) is 28.8 Å². The molecular formula is C16H18N2O4. The molecule has 1 N–H and O–H groups in total. The Morgan fingerprint density at radius 1 is 1.41 bits per heavy atom. The number of para-hydroxylation sites is 1. The van der Waals surface area contributed by atoms with Gasteiger partial charge in [0.25, 0.3) is 0 Å². The summed E-state index contributed by atoms with van der Waals surface area (Å²) < 4.78 is 5.21. The molecule has 2 heterocycles. The summed E-state index contributed by atoms with van der Waals surface area (Å²) in [6.07, 6.45) is 1.47. The first-order valence-corrected chi connectivity index (χ1v) is 7.43. The lowest BCUT2D eigenvalue weighted by atomic mass is 9.90. The fourth-order valence-corrected chi connectivity index (χ4v) is 3.14. The largest absolute Gasteiger partial charge is 0.481 e. The van der Waals surface area contributed by atoms with Gasteiger partial charge in [0.15, 0.2) is 5.58 Å². The summed E-state index contributed by atoms with van der Waals surface area (Å²) in [6.45, 7) is 2.40. The van der Waals surface area contributed by atoms with Gasteiger partial charge in [0, 0.05) is 18.0 Å². The van der Waals surface area contributed by atoms with Gasteiger partial charge in [0.2, 0.25) is 5.91 Å². The minimum Gasteiger partial charge on any atom is -0.481 e. The second-order valence-corrected chi connectivity index (χ2v) is 5.72. The number of carboxylic acids is 1. The van der Waals surface area contributed by atoms with E-state index in [2.05, 4.69) is 5.16 Å². The predicted octanol–water partition coefficient (Wildman–Crippen LogP) is 2.08. The van der Waals surface area contributed by atoms with Crippen LogP contribution >= 0.6 is 0 Å². The average Bonchev–Trinajstić information content (AvgIpc) is 2.90. The Balaban J connectivity index is 1.78. The van der Waals surface area contributed by atoms with Gasteiger partial charge in [0.1, 0.15) is 5.69 Å². The maximum Gasteiger partial charge on any atom is 0.308 e. The van der Waals surface area contributed by atoms with Crippen LogP contribution < -0.4 is 0 Å². The maximum absolute atomic E-state index is 12.5. The first-order valence-electron chi connectivity index (χ1n) is 7.43. The van der Waals surface area contributed by atoms with Gasteiger partial charge in [-0.15, -0.1) is 0 Å². The number of carbonyl (C=O) groups is 2. The number of benzene rings is 1. The molecule has 1 aliphatic heterocycles. The number of carboxylic acid groups (broad SMARTS) is 1. The fraction of sp³-hybridized carbons (Fsp3) is 0.438. The lowest BCUT2D eigenvalue weighted by molar-refractivity contribution is -0.148. The van der Waals surface area contributed by atoms with Crippen LogP contribution in [0.5, 0.6) is 0 Å². The van der Waals surface area contributed by atoms with Crippen LogP contribution in [-0.2, 0) is 16.0 Å². The van der Waals surface area contributed by atoms with E-state index in [0.717, 1.165) is 5.39 Å². The molecule has 0 unspecified atom stereocenters. The topological polar surface area (TPSA) is 83.6 Å². The molecule has 2 aromatic rings. The molecule has 22 heavy (non-hydrogen) atoms. The van der Waals surface area contributed by atoms with Crippen molar-refractivity contribution in [3.63, 3.8) is 0 Å². The Morgan fingerprint density at radius 2 is 2.18 bits per heavy atom. The third kappa shape index (κ3) is 2.56. The molecule has 3 rings (SSSR count). The summed E-state index contributed by atoms with van der Waals surface area (Å²) in [4.78, 5) is 25.5. The number of hydrogen-bond acceptors (Lipinski definition) is 4. The van der Waals surface area contributed by atoms with Gasteiger partial charge in [-0.05, 0) is 31.9 Å². The van der Waals surface area contributed by atoms with E-state index in [1.165, 1.54) is 0 Å². The second kappa shape index (κ2) is 5.79. The normalized spacial score (nSPS) is 22.0. The number of piperidine rings is 1. The van der Waals surface area contributed by atoms with Crippen LogP contribution in [-0.4, -0.2) is 39.6 Å². The number of hydrogen-bond donors (Lipinski definition) is 1. The van der Waals surface area contributed by atoms with Crippen molar-refractivity contribution in [3.8, 4) is 0 Å². The molecule has 116 valence electrons. The molecule has 6 heteroatoms. The molecule has 1 saturated heterocycles. The van der Waals surface area contributed by atoms with Crippen molar-refractivity contribution in [1.29, 1.82) is 0 Å². The van der Waals surface area contributed by atoms with E-state index in [4.69, 9.17) is 4.52 Å². The number of fused-ring (bicyclic) bond motifs is 1. The third-order valence-electron chi connectivity index (χ3n) is 4.40. The van der Waals surface area contributed by atoms with E-state index in [0.29, 0.717) is 30.7 Å². The lowest BCUT2D eigenvalue weighted by Gasteiger charge is -2.37. The first-order chi connectivity index (χ1) is 10.6. The summed E-state index contributed by atoms with van der Waals surface area (Å²) in [5.41, 5.74) is 1.26. The van der Waals surface area contributed by atoms with E-state index in [1.807, 2.05) is 18.2 Å². The minimum atomic E-state index is -0.836. The van der Waals surface area contributed by atoms with Gasteiger partial charge in [-0.25, -0.2) is 0 Å². The lowest BCUT2D eigenvalue weighted by Crippen LogP contribution is -2.49. The second-order valence-electron chi connectivity index (χ2n) is 5.72. The van der Waals surface area contributed by atoms with E-state index in [1.54, 1.807) is 17.9 Å². The van der Waals surface area contributed by atoms with Gasteiger partial charge in [-0.2, -0.15) is 0 Å². The number of carbonyl (C=O) groups excluding carboxylic acids is 1. The fourth-order valence-electron chi connectivity index (χ4n) is 3.14. The highest BCUT2D eigenvalue weighted by molar-refractivity contribution is 5.86. The molecule has 0 bridgehead atoms. The van der Waals surface area contributed by atoms with E-state index < -0.39 is 11.9 Å². The number of aliphatic carboxylic acids is 1. The molecular weight excluding hydrogens is 284 g/mol. The highest BCUT2D eigenvalue weighted by atomic mass is 16.5. The zero-order chi connectivity index (χ0) is 15.7. The summed E-state index contributed by atoms with van der Waals surface area (Å²) in [5, 5.41) is 14.0. The van der Waals surface area contributed by atoms with Crippen LogP contribution in [0.25, 0.3) is 11.0 Å². The monoisotopic (exact) mass is 302 g/mol. The molecule has 2 atom stereocenters. The molecule has 0 radical (unpaired) electrons. The third-order valence-corrected chi connectivity index (χ3v) is 4.40. The van der Waals surface area contributed by atoms with E-state index in [9.17, 15) is 14.7 Å². The molecule has 0 spiro atoms. The van der Waals surface area contributed by atoms with Crippen LogP contribution in [0.1, 0.15) is 25.5 Å². The van der Waals surface area contributed by atoms with Crippen LogP contribution in [0, 0.1) is 5.92 Å². The van der Waals surface area contributed by atoms with Gasteiger partial charge >= 0.3 is 5.97 Å². The number of rotatable bonds is 3. The molecule has 1 fully saturated rings.